The average Bonchev–Trinajstić information content (AvgIpc) is 2.75. The molecule has 0 aliphatic rings. The van der Waals surface area contributed by atoms with Gasteiger partial charge in [-0.2, -0.15) is 9.97 Å². The van der Waals surface area contributed by atoms with Gasteiger partial charge in [0.05, 0.1) is 6.33 Å². The first-order valence-corrected chi connectivity index (χ1v) is 6.10. The number of carbonyl (C=O) groups excluding carboxylic acids is 1. The number of rotatable bonds is 4. The minimum absolute atomic E-state index is 0.116. The number of aromatic amines is 1. The number of amides is 1. The summed E-state index contributed by atoms with van der Waals surface area (Å²) in [6.07, 6.45) is 2.75. The number of hydrogen-bond donors (Lipinski definition) is 2. The van der Waals surface area contributed by atoms with Gasteiger partial charge in [0.25, 0.3) is 0 Å². The van der Waals surface area contributed by atoms with E-state index in [1.54, 1.807) is 0 Å². The molecule has 96 valence electrons. The number of fused-ring (bicyclic) bond motifs is 1. The van der Waals surface area contributed by atoms with E-state index in [4.69, 9.17) is 11.6 Å². The zero-order valence-electron chi connectivity index (χ0n) is 10.2. The molecule has 0 radical (unpaired) electrons. The minimum Gasteiger partial charge on any atom is -0.341 e. The molecule has 0 aliphatic carbocycles. The Morgan fingerprint density at radius 2 is 2.28 bits per heavy atom. The Bertz CT molecular complexity index is 566. The Hall–Kier alpha value is -1.69. The van der Waals surface area contributed by atoms with Gasteiger partial charge < -0.3 is 4.98 Å². The molecule has 0 bridgehead atoms. The average molecular weight is 268 g/mol. The summed E-state index contributed by atoms with van der Waals surface area (Å²) in [7, 11) is 0. The summed E-state index contributed by atoms with van der Waals surface area (Å²) in [4.78, 5) is 26.5. The zero-order chi connectivity index (χ0) is 13.1. The van der Waals surface area contributed by atoms with E-state index in [0.29, 0.717) is 23.5 Å². The molecule has 0 unspecified atom stereocenters. The van der Waals surface area contributed by atoms with Crippen LogP contribution in [0, 0.1) is 5.92 Å². The molecule has 0 spiro atoms. The molecule has 0 fully saturated rings. The lowest BCUT2D eigenvalue weighted by Gasteiger charge is -2.05. The fourth-order valence-corrected chi connectivity index (χ4v) is 1.68. The summed E-state index contributed by atoms with van der Waals surface area (Å²) >= 11 is 5.94. The molecule has 0 aromatic carbocycles. The molecule has 2 aromatic heterocycles. The van der Waals surface area contributed by atoms with Gasteiger partial charge in [-0.05, 0) is 12.3 Å². The number of H-pyrrole nitrogens is 1. The summed E-state index contributed by atoms with van der Waals surface area (Å²) in [6.45, 7) is 4.13. The van der Waals surface area contributed by atoms with Gasteiger partial charge in [-0.25, -0.2) is 4.98 Å². The van der Waals surface area contributed by atoms with Crippen molar-refractivity contribution in [2.45, 2.75) is 26.7 Å². The molecule has 18 heavy (non-hydrogen) atoms. The van der Waals surface area contributed by atoms with Gasteiger partial charge in [0.2, 0.25) is 11.9 Å². The number of imidazole rings is 1. The van der Waals surface area contributed by atoms with Crippen LogP contribution in [0.2, 0.25) is 5.15 Å². The van der Waals surface area contributed by atoms with Crippen LogP contribution >= 0.6 is 11.6 Å². The van der Waals surface area contributed by atoms with Gasteiger partial charge in [0, 0.05) is 6.42 Å². The summed E-state index contributed by atoms with van der Waals surface area (Å²) < 4.78 is 0. The molecule has 2 heterocycles. The van der Waals surface area contributed by atoms with E-state index in [2.05, 4.69) is 39.1 Å². The number of nitrogens with zero attached hydrogens (tertiary/aromatic N) is 3. The lowest BCUT2D eigenvalue weighted by atomic mass is 10.1. The quantitative estimate of drug-likeness (QED) is 0.833. The maximum absolute atomic E-state index is 11.6. The zero-order valence-corrected chi connectivity index (χ0v) is 11.0. The first-order valence-electron chi connectivity index (χ1n) is 5.72. The third-order valence-electron chi connectivity index (χ3n) is 2.44. The number of aromatic nitrogens is 4. The molecule has 7 heteroatoms. The van der Waals surface area contributed by atoms with Crippen LogP contribution in [-0.4, -0.2) is 25.8 Å². The van der Waals surface area contributed by atoms with Crippen LogP contribution < -0.4 is 5.32 Å². The van der Waals surface area contributed by atoms with Gasteiger partial charge >= 0.3 is 0 Å². The molecule has 1 amide bonds. The normalized spacial score (nSPS) is 11.1. The standard InChI is InChI=1S/C11H14ClN5O/c1-6(2)3-4-7(18)15-11-16-9(12)8-10(17-11)14-5-13-8/h5-6H,3-4H2,1-2H3,(H2,13,14,15,16,17,18). The predicted molar refractivity (Wildman–Crippen MR) is 69.4 cm³/mol. The summed E-state index contributed by atoms with van der Waals surface area (Å²) in [6, 6.07) is 0. The molecule has 6 nitrogen and oxygen atoms in total. The van der Waals surface area contributed by atoms with Crippen molar-refractivity contribution in [1.82, 2.24) is 19.9 Å². The molecule has 0 aliphatic heterocycles. The highest BCUT2D eigenvalue weighted by Crippen LogP contribution is 2.18. The van der Waals surface area contributed by atoms with Crippen LogP contribution in [0.5, 0.6) is 0 Å². The Labute approximate surface area is 109 Å². The smallest absolute Gasteiger partial charge is 0.233 e. The predicted octanol–water partition coefficient (Wildman–Crippen LogP) is 2.38. The van der Waals surface area contributed by atoms with Crippen molar-refractivity contribution in [3.05, 3.63) is 11.5 Å². The fourth-order valence-electron chi connectivity index (χ4n) is 1.46. The number of hydrogen-bond acceptors (Lipinski definition) is 4. The SMILES string of the molecule is CC(C)CCC(=O)Nc1nc(Cl)c2[nH]cnc2n1. The summed E-state index contributed by atoms with van der Waals surface area (Å²) in [5, 5.41) is 2.87. The van der Waals surface area contributed by atoms with E-state index < -0.39 is 0 Å². The topological polar surface area (TPSA) is 83.6 Å². The lowest BCUT2D eigenvalue weighted by molar-refractivity contribution is -0.116. The van der Waals surface area contributed by atoms with Gasteiger partial charge in [-0.3, -0.25) is 10.1 Å². The van der Waals surface area contributed by atoms with Crippen molar-refractivity contribution in [1.29, 1.82) is 0 Å². The van der Waals surface area contributed by atoms with Crippen molar-refractivity contribution in [3.63, 3.8) is 0 Å². The summed E-state index contributed by atoms with van der Waals surface area (Å²) in [5.74, 6) is 0.553. The third-order valence-corrected chi connectivity index (χ3v) is 2.71. The van der Waals surface area contributed by atoms with E-state index in [1.165, 1.54) is 6.33 Å². The first kappa shape index (κ1) is 12.8. The fraction of sp³-hybridized carbons (Fsp3) is 0.455. The number of anilines is 1. The third kappa shape index (κ3) is 2.95. The number of carbonyl (C=O) groups is 1. The van der Waals surface area contributed by atoms with Crippen molar-refractivity contribution < 1.29 is 4.79 Å². The van der Waals surface area contributed by atoms with Crippen LogP contribution in [0.25, 0.3) is 11.2 Å². The highest BCUT2D eigenvalue weighted by atomic mass is 35.5. The van der Waals surface area contributed by atoms with E-state index in [1.807, 2.05) is 0 Å². The molecule has 2 aromatic rings. The van der Waals surface area contributed by atoms with Gasteiger partial charge in [0.1, 0.15) is 5.52 Å². The molecule has 0 saturated heterocycles. The van der Waals surface area contributed by atoms with E-state index in [0.717, 1.165) is 6.42 Å². The second kappa shape index (κ2) is 5.30. The Kier molecular flexibility index (Phi) is 3.76. The largest absolute Gasteiger partial charge is 0.341 e. The Morgan fingerprint density at radius 1 is 1.50 bits per heavy atom. The van der Waals surface area contributed by atoms with Crippen molar-refractivity contribution in [3.8, 4) is 0 Å². The van der Waals surface area contributed by atoms with Crippen LogP contribution in [-0.2, 0) is 4.79 Å². The first-order chi connectivity index (χ1) is 8.56. The molecule has 0 atom stereocenters. The van der Waals surface area contributed by atoms with Crippen LogP contribution in [0.3, 0.4) is 0 Å². The summed E-state index contributed by atoms with van der Waals surface area (Å²) in [5.41, 5.74) is 1.01. The van der Waals surface area contributed by atoms with E-state index in [-0.39, 0.29) is 17.0 Å². The van der Waals surface area contributed by atoms with Crippen LogP contribution in [0.1, 0.15) is 26.7 Å². The molecule has 2 rings (SSSR count). The Morgan fingerprint density at radius 3 is 3.00 bits per heavy atom. The molecular weight excluding hydrogens is 254 g/mol. The number of halogens is 1. The van der Waals surface area contributed by atoms with Gasteiger partial charge in [-0.15, -0.1) is 0 Å². The number of nitrogens with one attached hydrogen (secondary N) is 2. The Balaban J connectivity index is 2.09. The molecular formula is C11H14ClN5O. The maximum Gasteiger partial charge on any atom is 0.233 e. The minimum atomic E-state index is -0.116. The van der Waals surface area contributed by atoms with Crippen molar-refractivity contribution in [2.24, 2.45) is 5.92 Å². The van der Waals surface area contributed by atoms with Crippen LogP contribution in [0.15, 0.2) is 6.33 Å². The van der Waals surface area contributed by atoms with Gasteiger partial charge in [-0.1, -0.05) is 25.4 Å². The monoisotopic (exact) mass is 267 g/mol. The molecule has 0 saturated carbocycles. The maximum atomic E-state index is 11.6. The molecule has 2 N–H and O–H groups in total. The lowest BCUT2D eigenvalue weighted by Crippen LogP contribution is -2.14. The second-order valence-electron chi connectivity index (χ2n) is 4.42. The van der Waals surface area contributed by atoms with Crippen molar-refractivity contribution in [2.75, 3.05) is 5.32 Å². The van der Waals surface area contributed by atoms with Gasteiger partial charge in [0.15, 0.2) is 10.8 Å². The van der Waals surface area contributed by atoms with E-state index in [9.17, 15) is 4.79 Å². The van der Waals surface area contributed by atoms with Crippen LogP contribution in [0.4, 0.5) is 5.95 Å². The van der Waals surface area contributed by atoms with Crippen molar-refractivity contribution >= 4 is 34.6 Å². The highest BCUT2D eigenvalue weighted by Gasteiger charge is 2.10. The highest BCUT2D eigenvalue weighted by molar-refractivity contribution is 6.33. The van der Waals surface area contributed by atoms with E-state index >= 15 is 0 Å². The second-order valence-corrected chi connectivity index (χ2v) is 4.78.